The van der Waals surface area contributed by atoms with E-state index in [4.69, 9.17) is 3.07 Å². The number of carbonyl (C=O) groups excluding carboxylic acids is 1. The van der Waals surface area contributed by atoms with Gasteiger partial charge in [-0.3, -0.25) is 0 Å². The molecule has 0 N–H and O–H groups in total. The first kappa shape index (κ1) is 7.72. The molecule has 0 bridgehead atoms. The monoisotopic (exact) mass is 254 g/mol. The molecule has 1 heterocycles. The van der Waals surface area contributed by atoms with Crippen molar-refractivity contribution in [1.82, 2.24) is 0 Å². The maximum absolute atomic E-state index is 10.7. The summed E-state index contributed by atoms with van der Waals surface area (Å²) in [6, 6.07) is 0. The molecule has 0 spiro atoms. The summed E-state index contributed by atoms with van der Waals surface area (Å²) in [5, 5.41) is 0. The van der Waals surface area contributed by atoms with E-state index in [0.29, 0.717) is 6.42 Å². The fourth-order valence-corrected chi connectivity index (χ4v) is 9.62. The van der Waals surface area contributed by atoms with Crippen LogP contribution in [0.1, 0.15) is 6.42 Å². The van der Waals surface area contributed by atoms with Crippen LogP contribution < -0.4 is 0 Å². The third-order valence-corrected chi connectivity index (χ3v) is 12.5. The quantitative estimate of drug-likeness (QED) is 0.610. The minimum absolute atomic E-state index is 0.0227. The molecular weight excluding hydrogens is 243 g/mol. The van der Waals surface area contributed by atoms with Crippen molar-refractivity contribution >= 4 is 32.3 Å². The molecule has 2 nitrogen and oxygen atoms in total. The van der Waals surface area contributed by atoms with Crippen LogP contribution in [0, 0.1) is 0 Å². The Hall–Kier alpha value is 0.619. The zero-order valence-electron chi connectivity index (χ0n) is 5.64. The maximum atomic E-state index is 10.7. The van der Waals surface area contributed by atoms with Crippen molar-refractivity contribution in [3.05, 3.63) is 0 Å². The molecule has 1 fully saturated rings. The molecule has 1 aliphatic heterocycles. The van der Waals surface area contributed by atoms with E-state index >= 15 is 0 Å². The molecule has 0 aromatic heterocycles. The van der Waals surface area contributed by atoms with E-state index in [0.717, 1.165) is 5.75 Å². The first-order valence-corrected chi connectivity index (χ1v) is 14.3. The van der Waals surface area contributed by atoms with Crippen molar-refractivity contribution in [3.63, 3.8) is 0 Å². The molecule has 0 aromatic rings. The molecular formula is C5H10O2SSn. The van der Waals surface area contributed by atoms with Crippen molar-refractivity contribution in [2.45, 2.75) is 16.3 Å². The summed E-state index contributed by atoms with van der Waals surface area (Å²) in [5.74, 6) is 1.01. The molecule has 0 saturated carbocycles. The van der Waals surface area contributed by atoms with Gasteiger partial charge in [0.05, 0.1) is 0 Å². The SMILES string of the molecule is [CH3][Sn]1([CH3])[O]C(=O)CC[S]1. The van der Waals surface area contributed by atoms with E-state index < -0.39 is 17.4 Å². The van der Waals surface area contributed by atoms with Crippen LogP contribution >= 0.6 is 8.95 Å². The first-order valence-electron chi connectivity index (χ1n) is 2.96. The molecule has 1 saturated heterocycles. The summed E-state index contributed by atoms with van der Waals surface area (Å²) in [6.45, 7) is 0. The van der Waals surface area contributed by atoms with Gasteiger partial charge in [0.1, 0.15) is 0 Å². The molecule has 9 heavy (non-hydrogen) atoms. The molecule has 0 aliphatic carbocycles. The molecule has 1 aliphatic rings. The van der Waals surface area contributed by atoms with Gasteiger partial charge in [0, 0.05) is 0 Å². The Balaban J connectivity index is 2.51. The zero-order valence-corrected chi connectivity index (χ0v) is 9.31. The van der Waals surface area contributed by atoms with Crippen LogP contribution in [0.15, 0.2) is 0 Å². The summed E-state index contributed by atoms with van der Waals surface area (Å²) in [4.78, 5) is 14.9. The van der Waals surface area contributed by atoms with Gasteiger partial charge in [0.25, 0.3) is 0 Å². The van der Waals surface area contributed by atoms with E-state index in [1.807, 2.05) is 8.95 Å². The van der Waals surface area contributed by atoms with Crippen LogP contribution in [0.2, 0.25) is 9.88 Å². The van der Waals surface area contributed by atoms with Crippen molar-refractivity contribution in [1.29, 1.82) is 0 Å². The molecule has 4 heteroatoms. The van der Waals surface area contributed by atoms with Gasteiger partial charge in [0.15, 0.2) is 0 Å². The van der Waals surface area contributed by atoms with Crippen molar-refractivity contribution in [2.24, 2.45) is 0 Å². The Labute approximate surface area is 62.2 Å². The van der Waals surface area contributed by atoms with Crippen molar-refractivity contribution in [2.75, 3.05) is 5.75 Å². The summed E-state index contributed by atoms with van der Waals surface area (Å²) in [7, 11) is 1.89. The molecule has 1 rings (SSSR count). The predicted molar refractivity (Wildman–Crippen MR) is 40.6 cm³/mol. The van der Waals surface area contributed by atoms with Crippen molar-refractivity contribution < 1.29 is 7.87 Å². The average molecular weight is 253 g/mol. The summed E-state index contributed by atoms with van der Waals surface area (Å²) < 4.78 is 5.21. The topological polar surface area (TPSA) is 26.3 Å². The van der Waals surface area contributed by atoms with Gasteiger partial charge in [-0.25, -0.2) is 0 Å². The molecule has 0 amide bonds. The number of carbonyl (C=O) groups is 1. The molecule has 0 atom stereocenters. The number of rotatable bonds is 0. The fraction of sp³-hybridized carbons (Fsp3) is 0.800. The Morgan fingerprint density at radius 3 is 2.67 bits per heavy atom. The van der Waals surface area contributed by atoms with E-state index in [9.17, 15) is 4.79 Å². The van der Waals surface area contributed by atoms with Crippen molar-refractivity contribution in [3.8, 4) is 0 Å². The van der Waals surface area contributed by atoms with Gasteiger partial charge < -0.3 is 0 Å². The van der Waals surface area contributed by atoms with Crippen LogP contribution in [0.5, 0.6) is 0 Å². The first-order chi connectivity index (χ1) is 4.10. The van der Waals surface area contributed by atoms with Crippen LogP contribution in [0.25, 0.3) is 0 Å². The normalized spacial score (nSPS) is 25.3. The van der Waals surface area contributed by atoms with Gasteiger partial charge in [-0.05, 0) is 0 Å². The van der Waals surface area contributed by atoms with Crippen LogP contribution in [0.4, 0.5) is 0 Å². The molecule has 0 unspecified atom stereocenters. The Kier molecular flexibility index (Phi) is 2.31. The number of hydrogen-bond donors (Lipinski definition) is 0. The molecule has 52 valence electrons. The predicted octanol–water partition coefficient (Wildman–Crippen LogP) is 1.37. The minimum atomic E-state index is -2.25. The second kappa shape index (κ2) is 2.70. The Morgan fingerprint density at radius 1 is 1.67 bits per heavy atom. The van der Waals surface area contributed by atoms with Crippen LogP contribution in [-0.2, 0) is 7.87 Å². The van der Waals surface area contributed by atoms with E-state index in [-0.39, 0.29) is 5.97 Å². The molecule has 0 radical (unpaired) electrons. The third kappa shape index (κ3) is 2.37. The van der Waals surface area contributed by atoms with Gasteiger partial charge in [-0.15, -0.1) is 0 Å². The van der Waals surface area contributed by atoms with E-state index in [2.05, 4.69) is 9.88 Å². The Morgan fingerprint density at radius 2 is 2.33 bits per heavy atom. The standard InChI is InChI=1S/C3H6O2S.2CH3.Sn/c4-3(5)1-2-6;;;/h6H,1-2H2,(H,4,5);2*1H3;/q;;;+2/p-2. The average Bonchev–Trinajstić information content (AvgIpc) is 1.60. The van der Waals surface area contributed by atoms with E-state index in [1.54, 1.807) is 0 Å². The summed E-state index contributed by atoms with van der Waals surface area (Å²) >= 11 is -2.25. The Bertz CT molecular complexity index is 135. The second-order valence-corrected chi connectivity index (χ2v) is 20.8. The van der Waals surface area contributed by atoms with Crippen LogP contribution in [-0.4, -0.2) is 29.1 Å². The van der Waals surface area contributed by atoms with Gasteiger partial charge in [-0.1, -0.05) is 0 Å². The number of hydrogen-bond acceptors (Lipinski definition) is 3. The summed E-state index contributed by atoms with van der Waals surface area (Å²) in [6.07, 6.45) is 0.616. The molecule has 0 aromatic carbocycles. The van der Waals surface area contributed by atoms with Crippen LogP contribution in [0.3, 0.4) is 0 Å². The van der Waals surface area contributed by atoms with Gasteiger partial charge >= 0.3 is 62.2 Å². The zero-order chi connectivity index (χ0) is 6.91. The van der Waals surface area contributed by atoms with Gasteiger partial charge in [0.2, 0.25) is 0 Å². The van der Waals surface area contributed by atoms with E-state index in [1.165, 1.54) is 0 Å². The summed E-state index contributed by atoms with van der Waals surface area (Å²) in [5.41, 5.74) is 0. The second-order valence-electron chi connectivity index (χ2n) is 2.47. The van der Waals surface area contributed by atoms with Gasteiger partial charge in [-0.2, -0.15) is 0 Å². The third-order valence-electron chi connectivity index (χ3n) is 1.12. The fourth-order valence-electron chi connectivity index (χ4n) is 0.735.